The summed E-state index contributed by atoms with van der Waals surface area (Å²) in [5, 5.41) is 2.07. The molecule has 1 heterocycles. The van der Waals surface area contributed by atoms with E-state index in [0.29, 0.717) is 17.0 Å². The van der Waals surface area contributed by atoms with E-state index < -0.39 is 16.0 Å². The molecule has 0 aliphatic heterocycles. The van der Waals surface area contributed by atoms with Crippen molar-refractivity contribution in [1.82, 2.24) is 4.57 Å². The Hall–Kier alpha value is -3.52. The number of esters is 1. The lowest BCUT2D eigenvalue weighted by Crippen LogP contribution is -2.15. The van der Waals surface area contributed by atoms with E-state index in [2.05, 4.69) is 27.0 Å². The van der Waals surface area contributed by atoms with Crippen molar-refractivity contribution in [2.45, 2.75) is 25.3 Å². The Balaban J connectivity index is 1.64. The zero-order chi connectivity index (χ0) is 22.9. The fourth-order valence-electron chi connectivity index (χ4n) is 3.82. The summed E-state index contributed by atoms with van der Waals surface area (Å²) in [6.07, 6.45) is 0. The van der Waals surface area contributed by atoms with Gasteiger partial charge in [0.2, 0.25) is 0 Å². The minimum atomic E-state index is -3.81. The monoisotopic (exact) mass is 452 g/mol. The van der Waals surface area contributed by atoms with E-state index in [1.54, 1.807) is 13.0 Å². The first-order chi connectivity index (χ1) is 15.3. The molecule has 0 fully saturated rings. The summed E-state index contributed by atoms with van der Waals surface area (Å²) < 4.78 is 40.8. The number of nitrogens with one attached hydrogen (secondary N) is 1. The molecule has 32 heavy (non-hydrogen) atoms. The lowest BCUT2D eigenvalue weighted by Gasteiger charge is -2.12. The second kappa shape index (κ2) is 8.55. The van der Waals surface area contributed by atoms with Crippen LogP contribution in [0.4, 0.5) is 5.69 Å². The van der Waals surface area contributed by atoms with E-state index in [-0.39, 0.29) is 11.5 Å². The predicted molar refractivity (Wildman–Crippen MR) is 125 cm³/mol. The number of benzene rings is 3. The highest BCUT2D eigenvalue weighted by atomic mass is 32.2. The number of carbonyl (C=O) groups excluding carboxylic acids is 1. The lowest BCUT2D eigenvalue weighted by molar-refractivity contribution is -0.142. The van der Waals surface area contributed by atoms with E-state index in [4.69, 9.17) is 4.74 Å². The van der Waals surface area contributed by atoms with E-state index in [0.717, 1.165) is 28.4 Å². The summed E-state index contributed by atoms with van der Waals surface area (Å²) in [6, 6.07) is 18.1. The van der Waals surface area contributed by atoms with Crippen LogP contribution in [-0.2, 0) is 26.1 Å². The Morgan fingerprint density at radius 3 is 2.47 bits per heavy atom. The first kappa shape index (κ1) is 21.7. The number of hydrogen-bond acceptors (Lipinski definition) is 5. The van der Waals surface area contributed by atoms with Crippen LogP contribution < -0.4 is 9.46 Å². The molecule has 0 amide bonds. The summed E-state index contributed by atoms with van der Waals surface area (Å²) in [4.78, 5) is 11.4. The van der Waals surface area contributed by atoms with Gasteiger partial charge in [0.1, 0.15) is 5.75 Å². The first-order valence-electron chi connectivity index (χ1n) is 10.2. The van der Waals surface area contributed by atoms with Crippen molar-refractivity contribution in [3.63, 3.8) is 0 Å². The van der Waals surface area contributed by atoms with Crippen LogP contribution in [0.15, 0.2) is 65.6 Å². The Kier molecular flexibility index (Phi) is 5.80. The van der Waals surface area contributed by atoms with Crippen LogP contribution >= 0.6 is 0 Å². The number of ether oxygens (including phenoxy) is 2. The molecule has 1 N–H and O–H groups in total. The van der Waals surface area contributed by atoms with Crippen molar-refractivity contribution in [3.05, 3.63) is 66.2 Å². The van der Waals surface area contributed by atoms with Crippen molar-refractivity contribution in [2.75, 3.05) is 18.4 Å². The van der Waals surface area contributed by atoms with E-state index in [9.17, 15) is 13.2 Å². The van der Waals surface area contributed by atoms with Gasteiger partial charge in [0, 0.05) is 34.0 Å². The van der Waals surface area contributed by atoms with E-state index >= 15 is 0 Å². The van der Waals surface area contributed by atoms with Gasteiger partial charge in [0.05, 0.1) is 12.0 Å². The lowest BCUT2D eigenvalue weighted by atomic mass is 10.1. The number of sulfonamides is 1. The Morgan fingerprint density at radius 2 is 1.75 bits per heavy atom. The van der Waals surface area contributed by atoms with Crippen molar-refractivity contribution >= 4 is 43.5 Å². The number of aromatic nitrogens is 1. The van der Waals surface area contributed by atoms with Crippen molar-refractivity contribution < 1.29 is 22.7 Å². The molecule has 0 bridgehead atoms. The highest BCUT2D eigenvalue weighted by Crippen LogP contribution is 2.32. The number of para-hydroxylation sites is 1. The summed E-state index contributed by atoms with van der Waals surface area (Å²) in [5.41, 5.74) is 3.25. The summed E-state index contributed by atoms with van der Waals surface area (Å²) in [7, 11) is -2.54. The largest absolute Gasteiger partial charge is 0.482 e. The maximum Gasteiger partial charge on any atom is 0.343 e. The molecule has 0 aliphatic rings. The summed E-state index contributed by atoms with van der Waals surface area (Å²) in [5.74, 6) is -0.0919. The minimum absolute atomic E-state index is 0.108. The standard InChI is InChI=1S/C24H24N2O5S/c1-4-26-21-8-6-5-7-19(21)20-14-17(9-11-22(20)26)25-32(28,29)18-10-12-23(16(2)13-18)31-15-24(27)30-3/h5-14,25H,4,15H2,1-3H3. The van der Waals surface area contributed by atoms with E-state index in [1.807, 2.05) is 30.3 Å². The number of rotatable bonds is 7. The van der Waals surface area contributed by atoms with Crippen LogP contribution in [0.3, 0.4) is 0 Å². The van der Waals surface area contributed by atoms with Crippen molar-refractivity contribution in [2.24, 2.45) is 0 Å². The fourth-order valence-corrected chi connectivity index (χ4v) is 4.95. The van der Waals surface area contributed by atoms with Crippen LogP contribution in [0.5, 0.6) is 5.75 Å². The molecule has 0 aliphatic carbocycles. The third-order valence-corrected chi connectivity index (χ3v) is 6.75. The maximum atomic E-state index is 13.0. The molecule has 7 nitrogen and oxygen atoms in total. The number of hydrogen-bond donors (Lipinski definition) is 1. The van der Waals surface area contributed by atoms with E-state index in [1.165, 1.54) is 25.3 Å². The van der Waals surface area contributed by atoms with Gasteiger partial charge in [-0.1, -0.05) is 18.2 Å². The molecule has 3 aromatic carbocycles. The number of anilines is 1. The van der Waals surface area contributed by atoms with Gasteiger partial charge in [-0.05, 0) is 61.9 Å². The Labute approximate surface area is 186 Å². The average molecular weight is 453 g/mol. The number of methoxy groups -OCH3 is 1. The third-order valence-electron chi connectivity index (χ3n) is 5.37. The minimum Gasteiger partial charge on any atom is -0.482 e. The first-order valence-corrected chi connectivity index (χ1v) is 11.7. The van der Waals surface area contributed by atoms with Gasteiger partial charge in [-0.25, -0.2) is 13.2 Å². The fraction of sp³-hybridized carbons (Fsp3) is 0.208. The van der Waals surface area contributed by atoms with Crippen LogP contribution in [0, 0.1) is 6.92 Å². The molecule has 0 spiro atoms. The van der Waals surface area contributed by atoms with Crippen LogP contribution in [0.25, 0.3) is 21.8 Å². The third kappa shape index (κ3) is 4.01. The predicted octanol–water partition coefficient (Wildman–Crippen LogP) is 4.48. The van der Waals surface area contributed by atoms with Gasteiger partial charge in [-0.15, -0.1) is 0 Å². The Bertz CT molecular complexity index is 1420. The normalized spacial score (nSPS) is 11.6. The quantitative estimate of drug-likeness (QED) is 0.418. The molecule has 0 saturated carbocycles. The molecule has 0 unspecified atom stereocenters. The zero-order valence-electron chi connectivity index (χ0n) is 18.1. The van der Waals surface area contributed by atoms with Crippen LogP contribution in [0.1, 0.15) is 12.5 Å². The molecule has 4 aromatic rings. The number of nitrogens with zero attached hydrogens (tertiary/aromatic N) is 1. The number of carbonyl (C=O) groups is 1. The topological polar surface area (TPSA) is 86.6 Å². The second-order valence-electron chi connectivity index (χ2n) is 7.39. The van der Waals surface area contributed by atoms with Gasteiger partial charge in [-0.2, -0.15) is 0 Å². The molecule has 0 atom stereocenters. The highest BCUT2D eigenvalue weighted by Gasteiger charge is 2.18. The SMILES string of the molecule is CCn1c2ccccc2c2cc(NS(=O)(=O)c3ccc(OCC(=O)OC)c(C)c3)ccc21. The summed E-state index contributed by atoms with van der Waals surface area (Å²) >= 11 is 0. The molecule has 166 valence electrons. The van der Waals surface area contributed by atoms with Gasteiger partial charge >= 0.3 is 5.97 Å². The van der Waals surface area contributed by atoms with Gasteiger partial charge < -0.3 is 14.0 Å². The smallest absolute Gasteiger partial charge is 0.343 e. The Morgan fingerprint density at radius 1 is 1.00 bits per heavy atom. The molecule has 0 saturated heterocycles. The molecular formula is C24H24N2O5S. The highest BCUT2D eigenvalue weighted by molar-refractivity contribution is 7.92. The molecule has 1 aromatic heterocycles. The van der Waals surface area contributed by atoms with Crippen LogP contribution in [0.2, 0.25) is 0 Å². The van der Waals surface area contributed by atoms with Gasteiger partial charge in [0.25, 0.3) is 10.0 Å². The number of fused-ring (bicyclic) bond motifs is 3. The number of aryl methyl sites for hydroxylation is 2. The average Bonchev–Trinajstić information content (AvgIpc) is 3.10. The molecule has 0 radical (unpaired) electrons. The van der Waals surface area contributed by atoms with Gasteiger partial charge in [0.15, 0.2) is 6.61 Å². The van der Waals surface area contributed by atoms with Crippen molar-refractivity contribution in [3.8, 4) is 5.75 Å². The second-order valence-corrected chi connectivity index (χ2v) is 9.07. The molecule has 8 heteroatoms. The summed E-state index contributed by atoms with van der Waals surface area (Å²) in [6.45, 7) is 4.38. The van der Waals surface area contributed by atoms with Gasteiger partial charge in [-0.3, -0.25) is 4.72 Å². The van der Waals surface area contributed by atoms with Crippen LogP contribution in [-0.4, -0.2) is 32.7 Å². The molecule has 4 rings (SSSR count). The zero-order valence-corrected chi connectivity index (χ0v) is 18.9. The molecular weight excluding hydrogens is 428 g/mol. The maximum absolute atomic E-state index is 13.0. The van der Waals surface area contributed by atoms with Crippen molar-refractivity contribution in [1.29, 1.82) is 0 Å².